The molecule has 2 amide bonds. The SMILES string of the molecule is COC(=O)c1ccc(N2CCCC2)c(NC(=O)NC2CCN(CCc3ccncc3)CC2)c1. The van der Waals surface area contributed by atoms with Crippen LogP contribution in [0.4, 0.5) is 16.2 Å². The molecule has 2 fully saturated rings. The highest BCUT2D eigenvalue weighted by molar-refractivity contribution is 5.97. The van der Waals surface area contributed by atoms with E-state index in [0.29, 0.717) is 11.3 Å². The number of nitrogens with one attached hydrogen (secondary N) is 2. The normalized spacial score (nSPS) is 17.1. The van der Waals surface area contributed by atoms with Crippen LogP contribution in [0.3, 0.4) is 0 Å². The number of hydrogen-bond acceptors (Lipinski definition) is 6. The summed E-state index contributed by atoms with van der Waals surface area (Å²) in [5, 5.41) is 6.12. The first-order valence-electron chi connectivity index (χ1n) is 11.8. The van der Waals surface area contributed by atoms with E-state index in [1.54, 1.807) is 12.1 Å². The first-order chi connectivity index (χ1) is 16.1. The Labute approximate surface area is 195 Å². The van der Waals surface area contributed by atoms with E-state index in [9.17, 15) is 9.59 Å². The molecule has 0 bridgehead atoms. The predicted molar refractivity (Wildman–Crippen MR) is 129 cm³/mol. The number of likely N-dealkylation sites (tertiary alicyclic amines) is 1. The molecule has 2 saturated heterocycles. The highest BCUT2D eigenvalue weighted by Gasteiger charge is 2.23. The summed E-state index contributed by atoms with van der Waals surface area (Å²) in [5.74, 6) is -0.412. The predicted octanol–water partition coefficient (Wildman–Crippen LogP) is 3.30. The van der Waals surface area contributed by atoms with Crippen LogP contribution in [0.15, 0.2) is 42.7 Å². The van der Waals surface area contributed by atoms with Crippen LogP contribution < -0.4 is 15.5 Å². The van der Waals surface area contributed by atoms with Gasteiger partial charge in [0, 0.05) is 51.2 Å². The molecule has 2 aromatic rings. The molecule has 2 aliphatic rings. The molecule has 0 unspecified atom stereocenters. The molecular formula is C25H33N5O3. The van der Waals surface area contributed by atoms with Crippen molar-refractivity contribution in [2.24, 2.45) is 0 Å². The minimum Gasteiger partial charge on any atom is -0.465 e. The Hall–Kier alpha value is -3.13. The van der Waals surface area contributed by atoms with Crippen LogP contribution in [0, 0.1) is 0 Å². The van der Waals surface area contributed by atoms with Crippen LogP contribution in [0.5, 0.6) is 0 Å². The molecule has 4 rings (SSSR count). The molecule has 0 saturated carbocycles. The van der Waals surface area contributed by atoms with Gasteiger partial charge in [-0.25, -0.2) is 9.59 Å². The zero-order valence-corrected chi connectivity index (χ0v) is 19.3. The van der Waals surface area contributed by atoms with Gasteiger partial charge in [0.05, 0.1) is 24.0 Å². The second-order valence-corrected chi connectivity index (χ2v) is 8.74. The van der Waals surface area contributed by atoms with Gasteiger partial charge in [0.25, 0.3) is 0 Å². The standard InChI is InChI=1S/C25H33N5O3/c1-33-24(31)20-4-5-23(30-13-2-3-14-30)22(18-20)28-25(32)27-21-9-16-29(17-10-21)15-8-19-6-11-26-12-7-19/h4-7,11-12,18,21H,2-3,8-10,13-17H2,1H3,(H2,27,28,32). The topological polar surface area (TPSA) is 86.8 Å². The van der Waals surface area contributed by atoms with Crippen LogP contribution in [0.2, 0.25) is 0 Å². The Balaban J connectivity index is 1.30. The Bertz CT molecular complexity index is 938. The minimum absolute atomic E-state index is 0.140. The van der Waals surface area contributed by atoms with Gasteiger partial charge in [-0.1, -0.05) is 0 Å². The summed E-state index contributed by atoms with van der Waals surface area (Å²) < 4.78 is 4.85. The van der Waals surface area contributed by atoms with E-state index in [2.05, 4.69) is 37.6 Å². The van der Waals surface area contributed by atoms with E-state index in [1.165, 1.54) is 12.7 Å². The maximum atomic E-state index is 12.8. The summed E-state index contributed by atoms with van der Waals surface area (Å²) in [4.78, 5) is 33.6. The van der Waals surface area contributed by atoms with E-state index in [0.717, 1.165) is 70.5 Å². The molecule has 0 aliphatic carbocycles. The lowest BCUT2D eigenvalue weighted by atomic mass is 10.0. The molecule has 8 nitrogen and oxygen atoms in total. The zero-order valence-electron chi connectivity index (χ0n) is 19.3. The second kappa shape index (κ2) is 11.1. The van der Waals surface area contributed by atoms with Gasteiger partial charge in [-0.2, -0.15) is 0 Å². The third-order valence-corrected chi connectivity index (χ3v) is 6.50. The van der Waals surface area contributed by atoms with Gasteiger partial charge in [-0.15, -0.1) is 0 Å². The monoisotopic (exact) mass is 451 g/mol. The maximum absolute atomic E-state index is 12.8. The molecule has 0 spiro atoms. The molecule has 3 heterocycles. The number of anilines is 2. The van der Waals surface area contributed by atoms with Crippen molar-refractivity contribution in [1.82, 2.24) is 15.2 Å². The number of ether oxygens (including phenoxy) is 1. The lowest BCUT2D eigenvalue weighted by molar-refractivity contribution is 0.0600. The third-order valence-electron chi connectivity index (χ3n) is 6.50. The second-order valence-electron chi connectivity index (χ2n) is 8.74. The van der Waals surface area contributed by atoms with Crippen LogP contribution in [-0.2, 0) is 11.2 Å². The Kier molecular flexibility index (Phi) is 7.78. The number of carbonyl (C=O) groups excluding carboxylic acids is 2. The van der Waals surface area contributed by atoms with Crippen molar-refractivity contribution in [3.05, 3.63) is 53.9 Å². The summed E-state index contributed by atoms with van der Waals surface area (Å²) in [6, 6.07) is 9.39. The fourth-order valence-electron chi connectivity index (χ4n) is 4.60. The molecule has 2 N–H and O–H groups in total. The molecule has 8 heteroatoms. The van der Waals surface area contributed by atoms with E-state index < -0.39 is 5.97 Å². The smallest absolute Gasteiger partial charge is 0.337 e. The average Bonchev–Trinajstić information content (AvgIpc) is 3.38. The number of benzene rings is 1. The summed E-state index contributed by atoms with van der Waals surface area (Å²) in [7, 11) is 1.36. The first kappa shape index (κ1) is 23.0. The number of urea groups is 1. The molecule has 176 valence electrons. The van der Waals surface area contributed by atoms with Crippen molar-refractivity contribution in [3.8, 4) is 0 Å². The summed E-state index contributed by atoms with van der Waals surface area (Å²) >= 11 is 0. The van der Waals surface area contributed by atoms with Gasteiger partial charge < -0.3 is 25.2 Å². The quantitative estimate of drug-likeness (QED) is 0.628. The van der Waals surface area contributed by atoms with Crippen molar-refractivity contribution in [3.63, 3.8) is 0 Å². The molecule has 2 aliphatic heterocycles. The van der Waals surface area contributed by atoms with Gasteiger partial charge in [-0.3, -0.25) is 4.98 Å². The fraction of sp³-hybridized carbons (Fsp3) is 0.480. The molecule has 33 heavy (non-hydrogen) atoms. The molecule has 1 aromatic heterocycles. The average molecular weight is 452 g/mol. The first-order valence-corrected chi connectivity index (χ1v) is 11.8. The number of carbonyl (C=O) groups is 2. The van der Waals surface area contributed by atoms with Crippen LogP contribution in [0.25, 0.3) is 0 Å². The van der Waals surface area contributed by atoms with Crippen LogP contribution >= 0.6 is 0 Å². The lowest BCUT2D eigenvalue weighted by Crippen LogP contribution is -2.46. The third kappa shape index (κ3) is 6.22. The summed E-state index contributed by atoms with van der Waals surface area (Å²) in [6.45, 7) is 4.85. The Morgan fingerprint density at radius 3 is 2.48 bits per heavy atom. The number of aromatic nitrogens is 1. The Morgan fingerprint density at radius 2 is 1.79 bits per heavy atom. The van der Waals surface area contributed by atoms with E-state index in [-0.39, 0.29) is 12.1 Å². The van der Waals surface area contributed by atoms with Gasteiger partial charge >= 0.3 is 12.0 Å². The highest BCUT2D eigenvalue weighted by Crippen LogP contribution is 2.30. The number of nitrogens with zero attached hydrogens (tertiary/aromatic N) is 3. The van der Waals surface area contributed by atoms with Crippen molar-refractivity contribution in [1.29, 1.82) is 0 Å². The lowest BCUT2D eigenvalue weighted by Gasteiger charge is -2.32. The Morgan fingerprint density at radius 1 is 1.06 bits per heavy atom. The number of piperidine rings is 1. The fourth-order valence-corrected chi connectivity index (χ4v) is 4.60. The van der Waals surface area contributed by atoms with Crippen molar-refractivity contribution in [2.75, 3.05) is 50.1 Å². The summed E-state index contributed by atoms with van der Waals surface area (Å²) in [5.41, 5.74) is 3.32. The number of hydrogen-bond donors (Lipinski definition) is 2. The van der Waals surface area contributed by atoms with Crippen LogP contribution in [0.1, 0.15) is 41.6 Å². The minimum atomic E-state index is -0.412. The van der Waals surface area contributed by atoms with Crippen molar-refractivity contribution in [2.45, 2.75) is 38.1 Å². The van der Waals surface area contributed by atoms with E-state index in [1.807, 2.05) is 18.5 Å². The van der Waals surface area contributed by atoms with Crippen LogP contribution in [-0.4, -0.2) is 67.8 Å². The maximum Gasteiger partial charge on any atom is 0.337 e. The largest absolute Gasteiger partial charge is 0.465 e. The van der Waals surface area contributed by atoms with Crippen molar-refractivity contribution >= 4 is 23.4 Å². The highest BCUT2D eigenvalue weighted by atomic mass is 16.5. The molecular weight excluding hydrogens is 418 g/mol. The molecule has 1 aromatic carbocycles. The van der Waals surface area contributed by atoms with Crippen molar-refractivity contribution < 1.29 is 14.3 Å². The number of methoxy groups -OCH3 is 1. The number of rotatable bonds is 7. The zero-order chi connectivity index (χ0) is 23.0. The van der Waals surface area contributed by atoms with Gasteiger partial charge in [0.1, 0.15) is 0 Å². The van der Waals surface area contributed by atoms with E-state index in [4.69, 9.17) is 4.74 Å². The van der Waals surface area contributed by atoms with Gasteiger partial charge in [0.2, 0.25) is 0 Å². The van der Waals surface area contributed by atoms with Gasteiger partial charge in [0.15, 0.2) is 0 Å². The summed E-state index contributed by atoms with van der Waals surface area (Å²) in [6.07, 6.45) is 8.78. The number of pyridine rings is 1. The van der Waals surface area contributed by atoms with E-state index >= 15 is 0 Å². The van der Waals surface area contributed by atoms with Gasteiger partial charge in [-0.05, 0) is 68.0 Å². The number of esters is 1. The number of amides is 2. The molecule has 0 atom stereocenters. The molecule has 0 radical (unpaired) electrons.